The van der Waals surface area contributed by atoms with Gasteiger partial charge in [-0.25, -0.2) is 9.48 Å². The van der Waals surface area contributed by atoms with Crippen LogP contribution in [0, 0.1) is 0 Å². The van der Waals surface area contributed by atoms with Gasteiger partial charge in [-0.3, -0.25) is 14.5 Å². The summed E-state index contributed by atoms with van der Waals surface area (Å²) in [7, 11) is 1.73. The number of hydrogen-bond donors (Lipinski definition) is 0. The molecule has 1 saturated heterocycles. The van der Waals surface area contributed by atoms with Gasteiger partial charge in [-0.2, -0.15) is 5.10 Å². The molecule has 0 amide bonds. The van der Waals surface area contributed by atoms with Crippen LogP contribution in [0.4, 0.5) is 0 Å². The summed E-state index contributed by atoms with van der Waals surface area (Å²) in [6.07, 6.45) is 5.96. The maximum atomic E-state index is 12.1. The quantitative estimate of drug-likeness (QED) is 0.856. The molecule has 22 heavy (non-hydrogen) atoms. The van der Waals surface area contributed by atoms with E-state index in [2.05, 4.69) is 21.0 Å². The lowest BCUT2D eigenvalue weighted by molar-refractivity contribution is 0.194. The van der Waals surface area contributed by atoms with Crippen molar-refractivity contribution in [3.05, 3.63) is 46.4 Å². The molecule has 6 nitrogen and oxygen atoms in total. The van der Waals surface area contributed by atoms with Crippen molar-refractivity contribution in [1.29, 1.82) is 0 Å². The Morgan fingerprint density at radius 2 is 2.27 bits per heavy atom. The van der Waals surface area contributed by atoms with Gasteiger partial charge in [0.15, 0.2) is 0 Å². The molecule has 1 aliphatic heterocycles. The average molecular weight is 301 g/mol. The zero-order chi connectivity index (χ0) is 15.5. The second kappa shape index (κ2) is 6.44. The van der Waals surface area contributed by atoms with Crippen molar-refractivity contribution >= 4 is 0 Å². The third-order valence-electron chi connectivity index (χ3n) is 4.35. The molecule has 1 fully saturated rings. The molecule has 0 aromatic carbocycles. The first-order valence-corrected chi connectivity index (χ1v) is 7.94. The highest BCUT2D eigenvalue weighted by Gasteiger charge is 2.26. The maximum absolute atomic E-state index is 12.1. The van der Waals surface area contributed by atoms with Gasteiger partial charge in [-0.15, -0.1) is 0 Å². The molecule has 2 aromatic rings. The van der Waals surface area contributed by atoms with Gasteiger partial charge in [-0.05, 0) is 37.9 Å². The summed E-state index contributed by atoms with van der Waals surface area (Å²) in [5, 5.41) is 4.47. The summed E-state index contributed by atoms with van der Waals surface area (Å²) >= 11 is 0. The lowest BCUT2D eigenvalue weighted by atomic mass is 9.96. The molecule has 0 N–H and O–H groups in total. The minimum absolute atomic E-state index is 0.0121. The van der Waals surface area contributed by atoms with Crippen molar-refractivity contribution in [2.45, 2.75) is 38.8 Å². The van der Waals surface area contributed by atoms with E-state index in [1.165, 1.54) is 10.2 Å². The van der Waals surface area contributed by atoms with Crippen molar-refractivity contribution in [2.75, 3.05) is 13.1 Å². The standard InChI is InChI=1S/C16H23N5O/c1-3-21-15(18-19(2)16(21)22)14-7-5-9-20(12-14)11-13-6-4-8-17-10-13/h4,6,8,10,14H,3,5,7,9,11-12H2,1-2H3/t14-/m1/s1. The van der Waals surface area contributed by atoms with E-state index in [4.69, 9.17) is 0 Å². The van der Waals surface area contributed by atoms with Crippen molar-refractivity contribution < 1.29 is 0 Å². The van der Waals surface area contributed by atoms with Crippen molar-refractivity contribution in [3.8, 4) is 0 Å². The van der Waals surface area contributed by atoms with Crippen LogP contribution in [-0.2, 0) is 20.1 Å². The lowest BCUT2D eigenvalue weighted by Crippen LogP contribution is -2.35. The van der Waals surface area contributed by atoms with Gasteiger partial charge in [-0.1, -0.05) is 6.07 Å². The average Bonchev–Trinajstić information content (AvgIpc) is 2.83. The van der Waals surface area contributed by atoms with Gasteiger partial charge in [0.25, 0.3) is 0 Å². The molecule has 3 heterocycles. The van der Waals surface area contributed by atoms with Crippen LogP contribution in [0.25, 0.3) is 0 Å². The van der Waals surface area contributed by atoms with Crippen LogP contribution in [0.15, 0.2) is 29.3 Å². The van der Waals surface area contributed by atoms with E-state index in [9.17, 15) is 4.79 Å². The van der Waals surface area contributed by atoms with Gasteiger partial charge in [0, 0.05) is 45.0 Å². The van der Waals surface area contributed by atoms with Crippen LogP contribution in [0.1, 0.15) is 37.1 Å². The first kappa shape index (κ1) is 15.0. The summed E-state index contributed by atoms with van der Waals surface area (Å²) in [6.45, 7) is 5.64. The van der Waals surface area contributed by atoms with Crippen LogP contribution in [0.5, 0.6) is 0 Å². The molecule has 2 aromatic heterocycles. The summed E-state index contributed by atoms with van der Waals surface area (Å²) in [6, 6.07) is 4.09. The molecule has 0 radical (unpaired) electrons. The number of pyridine rings is 1. The second-order valence-electron chi connectivity index (χ2n) is 5.94. The number of nitrogens with zero attached hydrogens (tertiary/aromatic N) is 5. The zero-order valence-corrected chi connectivity index (χ0v) is 13.3. The van der Waals surface area contributed by atoms with E-state index in [1.807, 2.05) is 19.2 Å². The normalized spacial score (nSPS) is 19.5. The van der Waals surface area contributed by atoms with Gasteiger partial charge in [0.1, 0.15) is 5.82 Å². The maximum Gasteiger partial charge on any atom is 0.345 e. The summed E-state index contributed by atoms with van der Waals surface area (Å²) in [5.41, 5.74) is 1.22. The Labute approximate surface area is 130 Å². The molecule has 0 unspecified atom stereocenters. The first-order valence-electron chi connectivity index (χ1n) is 7.94. The third kappa shape index (κ3) is 2.97. The molecule has 3 rings (SSSR count). The number of aromatic nitrogens is 4. The molecule has 1 aliphatic rings. The summed E-state index contributed by atoms with van der Waals surface area (Å²) in [5.74, 6) is 1.27. The smallest absolute Gasteiger partial charge is 0.298 e. The highest BCUT2D eigenvalue weighted by Crippen LogP contribution is 2.25. The molecule has 0 spiro atoms. The fourth-order valence-electron chi connectivity index (χ4n) is 3.28. The number of hydrogen-bond acceptors (Lipinski definition) is 4. The Kier molecular flexibility index (Phi) is 4.38. The molecular weight excluding hydrogens is 278 g/mol. The molecule has 118 valence electrons. The van der Waals surface area contributed by atoms with Gasteiger partial charge >= 0.3 is 5.69 Å². The molecule has 6 heteroatoms. The second-order valence-corrected chi connectivity index (χ2v) is 5.94. The van der Waals surface area contributed by atoms with E-state index >= 15 is 0 Å². The fourth-order valence-corrected chi connectivity index (χ4v) is 3.28. The predicted molar refractivity (Wildman–Crippen MR) is 84.6 cm³/mol. The molecule has 0 bridgehead atoms. The van der Waals surface area contributed by atoms with E-state index < -0.39 is 0 Å². The Hall–Kier alpha value is -1.95. The fraction of sp³-hybridized carbons (Fsp3) is 0.562. The SMILES string of the molecule is CCn1c([C@@H]2CCCN(Cc3cccnc3)C2)nn(C)c1=O. The van der Waals surface area contributed by atoms with Crippen LogP contribution in [0.3, 0.4) is 0 Å². The van der Waals surface area contributed by atoms with Crippen LogP contribution in [-0.4, -0.2) is 37.3 Å². The van der Waals surface area contributed by atoms with Crippen molar-refractivity contribution in [2.24, 2.45) is 7.05 Å². The molecular formula is C16H23N5O. The Bertz CT molecular complexity index is 676. The summed E-state index contributed by atoms with van der Waals surface area (Å²) in [4.78, 5) is 18.7. The minimum Gasteiger partial charge on any atom is -0.298 e. The minimum atomic E-state index is -0.0121. The zero-order valence-electron chi connectivity index (χ0n) is 13.3. The highest BCUT2D eigenvalue weighted by atomic mass is 16.2. The van der Waals surface area contributed by atoms with Crippen molar-refractivity contribution in [3.63, 3.8) is 0 Å². The number of likely N-dealkylation sites (tertiary alicyclic amines) is 1. The Morgan fingerprint density at radius 1 is 1.41 bits per heavy atom. The van der Waals surface area contributed by atoms with Gasteiger partial charge in [0.2, 0.25) is 0 Å². The lowest BCUT2D eigenvalue weighted by Gasteiger charge is -2.32. The monoisotopic (exact) mass is 301 g/mol. The predicted octanol–water partition coefficient (Wildman–Crippen LogP) is 1.38. The molecule has 0 saturated carbocycles. The topological polar surface area (TPSA) is 56.0 Å². The van der Waals surface area contributed by atoms with Gasteiger partial charge in [0.05, 0.1) is 0 Å². The van der Waals surface area contributed by atoms with Crippen molar-refractivity contribution in [1.82, 2.24) is 24.2 Å². The summed E-state index contributed by atoms with van der Waals surface area (Å²) < 4.78 is 3.26. The molecule has 1 atom stereocenters. The van der Waals surface area contributed by atoms with Crippen LogP contribution >= 0.6 is 0 Å². The Morgan fingerprint density at radius 3 is 3.00 bits per heavy atom. The van der Waals surface area contributed by atoms with E-state index in [0.29, 0.717) is 12.5 Å². The number of aryl methyl sites for hydroxylation is 1. The third-order valence-corrected chi connectivity index (χ3v) is 4.35. The van der Waals surface area contributed by atoms with Gasteiger partial charge < -0.3 is 0 Å². The number of piperidine rings is 1. The molecule has 0 aliphatic carbocycles. The van der Waals surface area contributed by atoms with E-state index in [0.717, 1.165) is 38.3 Å². The Balaban J connectivity index is 1.76. The first-order chi connectivity index (χ1) is 10.7. The highest BCUT2D eigenvalue weighted by molar-refractivity contribution is 5.09. The number of rotatable bonds is 4. The largest absolute Gasteiger partial charge is 0.345 e. The van der Waals surface area contributed by atoms with E-state index in [1.54, 1.807) is 17.8 Å². The van der Waals surface area contributed by atoms with Crippen LogP contribution in [0.2, 0.25) is 0 Å². The van der Waals surface area contributed by atoms with Crippen LogP contribution < -0.4 is 5.69 Å². The van der Waals surface area contributed by atoms with E-state index in [-0.39, 0.29) is 5.69 Å².